The second-order valence-electron chi connectivity index (χ2n) is 6.21. The van der Waals surface area contributed by atoms with Gasteiger partial charge in [0.25, 0.3) is 5.91 Å². The van der Waals surface area contributed by atoms with Crippen molar-refractivity contribution >= 4 is 27.3 Å². The predicted molar refractivity (Wildman–Crippen MR) is 101 cm³/mol. The molecule has 0 aliphatic heterocycles. The quantitative estimate of drug-likeness (QED) is 0.766. The number of carbonyl (C=O) groups is 2. The van der Waals surface area contributed by atoms with Gasteiger partial charge in [0.2, 0.25) is 5.91 Å². The minimum atomic E-state index is -4.64. The lowest BCUT2D eigenvalue weighted by molar-refractivity contribution is -0.137. The molecule has 29 heavy (non-hydrogen) atoms. The number of halogens is 3. The van der Waals surface area contributed by atoms with E-state index in [0.29, 0.717) is 0 Å². The highest BCUT2D eigenvalue weighted by molar-refractivity contribution is 7.90. The van der Waals surface area contributed by atoms with Crippen molar-refractivity contribution in [3.05, 3.63) is 59.7 Å². The Morgan fingerprint density at radius 3 is 2.31 bits per heavy atom. The van der Waals surface area contributed by atoms with E-state index in [1.807, 2.05) is 0 Å². The lowest BCUT2D eigenvalue weighted by atomic mass is 10.1. The Bertz CT molecular complexity index is 1020. The summed E-state index contributed by atoms with van der Waals surface area (Å²) in [4.78, 5) is 25.9. The molecule has 0 aliphatic carbocycles. The fraction of sp³-hybridized carbons (Fsp3) is 0.263. The van der Waals surface area contributed by atoms with E-state index in [1.165, 1.54) is 36.4 Å². The Labute approximate surface area is 166 Å². The number of alkyl halides is 3. The van der Waals surface area contributed by atoms with Gasteiger partial charge < -0.3 is 10.2 Å². The molecule has 0 aliphatic rings. The third-order valence-corrected chi connectivity index (χ3v) is 5.13. The molecule has 2 rings (SSSR count). The molecule has 10 heteroatoms. The first-order valence-corrected chi connectivity index (χ1v) is 10.4. The van der Waals surface area contributed by atoms with Crippen molar-refractivity contribution in [2.75, 3.05) is 24.7 Å². The third-order valence-electron chi connectivity index (χ3n) is 4.02. The molecule has 0 spiro atoms. The average molecular weight is 428 g/mol. The van der Waals surface area contributed by atoms with Crippen molar-refractivity contribution in [1.82, 2.24) is 4.90 Å². The van der Waals surface area contributed by atoms with Gasteiger partial charge in [-0.15, -0.1) is 0 Å². The van der Waals surface area contributed by atoms with Crippen LogP contribution in [0.1, 0.15) is 22.8 Å². The zero-order valence-corrected chi connectivity index (χ0v) is 16.5. The zero-order chi connectivity index (χ0) is 21.8. The molecule has 0 fully saturated rings. The number of carbonyl (C=O) groups excluding carboxylic acids is 2. The first-order chi connectivity index (χ1) is 13.4. The maximum Gasteiger partial charge on any atom is 0.418 e. The Kier molecular flexibility index (Phi) is 6.68. The summed E-state index contributed by atoms with van der Waals surface area (Å²) in [5, 5.41) is 2.18. The number of nitrogens with one attached hydrogen (secondary N) is 1. The SMILES string of the molecule is CCN(CC(=O)Nc1ccccc1C(F)(F)F)C(=O)c1cccc(S(C)(=O)=O)c1. The number of para-hydroxylation sites is 1. The van der Waals surface area contributed by atoms with Crippen LogP contribution in [0.5, 0.6) is 0 Å². The molecule has 0 radical (unpaired) electrons. The number of rotatable bonds is 6. The van der Waals surface area contributed by atoms with Gasteiger partial charge >= 0.3 is 6.18 Å². The molecule has 2 aromatic rings. The smallest absolute Gasteiger partial charge is 0.330 e. The lowest BCUT2D eigenvalue weighted by Crippen LogP contribution is -2.38. The highest BCUT2D eigenvalue weighted by Crippen LogP contribution is 2.34. The highest BCUT2D eigenvalue weighted by Gasteiger charge is 2.33. The van der Waals surface area contributed by atoms with Crippen LogP contribution in [0.4, 0.5) is 18.9 Å². The summed E-state index contributed by atoms with van der Waals surface area (Å²) in [6, 6.07) is 9.84. The first-order valence-electron chi connectivity index (χ1n) is 8.49. The molecule has 0 unspecified atom stereocenters. The molecule has 0 bridgehead atoms. The van der Waals surface area contributed by atoms with Gasteiger partial charge in [-0.2, -0.15) is 13.2 Å². The van der Waals surface area contributed by atoms with E-state index in [4.69, 9.17) is 0 Å². The van der Waals surface area contributed by atoms with E-state index < -0.39 is 45.6 Å². The van der Waals surface area contributed by atoms with Crippen LogP contribution in [0, 0.1) is 0 Å². The van der Waals surface area contributed by atoms with Crippen molar-refractivity contribution in [3.63, 3.8) is 0 Å². The second kappa shape index (κ2) is 8.64. The standard InChI is InChI=1S/C19H19F3N2O4S/c1-3-24(18(26)13-7-6-8-14(11-13)29(2,27)28)12-17(25)23-16-10-5-4-9-15(16)19(20,21)22/h4-11H,3,12H2,1-2H3,(H,23,25). The number of sulfone groups is 1. The number of benzene rings is 2. The predicted octanol–water partition coefficient (Wildman–Crippen LogP) is 3.21. The molecule has 0 heterocycles. The Morgan fingerprint density at radius 2 is 1.72 bits per heavy atom. The largest absolute Gasteiger partial charge is 0.418 e. The van der Waals surface area contributed by atoms with Gasteiger partial charge in [-0.1, -0.05) is 18.2 Å². The lowest BCUT2D eigenvalue weighted by Gasteiger charge is -2.21. The molecule has 156 valence electrons. The fourth-order valence-electron chi connectivity index (χ4n) is 2.57. The number of amides is 2. The van der Waals surface area contributed by atoms with Crippen LogP contribution < -0.4 is 5.32 Å². The van der Waals surface area contributed by atoms with E-state index in [-0.39, 0.29) is 17.0 Å². The molecule has 6 nitrogen and oxygen atoms in total. The molecule has 0 saturated carbocycles. The Balaban J connectivity index is 2.18. The Morgan fingerprint density at radius 1 is 1.07 bits per heavy atom. The van der Waals surface area contributed by atoms with Crippen molar-refractivity contribution in [2.24, 2.45) is 0 Å². The first kappa shape index (κ1) is 22.4. The molecular formula is C19H19F3N2O4S. The van der Waals surface area contributed by atoms with Crippen molar-refractivity contribution in [2.45, 2.75) is 18.0 Å². The van der Waals surface area contributed by atoms with Crippen LogP contribution in [-0.2, 0) is 20.8 Å². The van der Waals surface area contributed by atoms with Crippen LogP contribution >= 0.6 is 0 Å². The molecule has 0 saturated heterocycles. The van der Waals surface area contributed by atoms with E-state index in [9.17, 15) is 31.2 Å². The van der Waals surface area contributed by atoms with Crippen LogP contribution in [0.15, 0.2) is 53.4 Å². The summed E-state index contributed by atoms with van der Waals surface area (Å²) in [5.74, 6) is -1.42. The normalized spacial score (nSPS) is 11.8. The summed E-state index contributed by atoms with van der Waals surface area (Å²) in [6.07, 6.45) is -3.64. The minimum absolute atomic E-state index is 0.0528. The van der Waals surface area contributed by atoms with E-state index in [2.05, 4.69) is 5.32 Å². The van der Waals surface area contributed by atoms with Crippen LogP contribution in [0.3, 0.4) is 0 Å². The third kappa shape index (κ3) is 5.80. The van der Waals surface area contributed by atoms with Crippen molar-refractivity contribution in [1.29, 1.82) is 0 Å². The molecular weight excluding hydrogens is 409 g/mol. The number of anilines is 1. The molecule has 0 atom stereocenters. The van der Waals surface area contributed by atoms with Gasteiger partial charge in [-0.3, -0.25) is 9.59 Å². The summed E-state index contributed by atoms with van der Waals surface area (Å²) in [6.45, 7) is 1.19. The number of hydrogen-bond donors (Lipinski definition) is 1. The minimum Gasteiger partial charge on any atom is -0.330 e. The fourth-order valence-corrected chi connectivity index (χ4v) is 3.24. The maximum atomic E-state index is 13.0. The van der Waals surface area contributed by atoms with Crippen LogP contribution in [0.2, 0.25) is 0 Å². The summed E-state index contributed by atoms with van der Waals surface area (Å²) < 4.78 is 62.5. The summed E-state index contributed by atoms with van der Waals surface area (Å²) >= 11 is 0. The average Bonchev–Trinajstić information content (AvgIpc) is 2.64. The van der Waals surface area contributed by atoms with Crippen LogP contribution in [-0.4, -0.2) is 44.5 Å². The van der Waals surface area contributed by atoms with Gasteiger partial charge in [0, 0.05) is 18.4 Å². The summed E-state index contributed by atoms with van der Waals surface area (Å²) in [5.41, 5.74) is -1.35. The molecule has 0 aromatic heterocycles. The van der Waals surface area contributed by atoms with Gasteiger partial charge in [0.05, 0.1) is 16.1 Å². The maximum absolute atomic E-state index is 13.0. The number of likely N-dealkylation sites (N-methyl/N-ethyl adjacent to an activating group) is 1. The molecule has 2 aromatic carbocycles. The Hall–Kier alpha value is -2.88. The summed E-state index contributed by atoms with van der Waals surface area (Å²) in [7, 11) is -3.53. The van der Waals surface area contributed by atoms with Gasteiger partial charge in [0.1, 0.15) is 6.54 Å². The van der Waals surface area contributed by atoms with Crippen LogP contribution in [0.25, 0.3) is 0 Å². The van der Waals surface area contributed by atoms with Gasteiger partial charge in [-0.05, 0) is 37.3 Å². The number of nitrogens with zero attached hydrogens (tertiary/aromatic N) is 1. The van der Waals surface area contributed by atoms with Crippen molar-refractivity contribution in [3.8, 4) is 0 Å². The van der Waals surface area contributed by atoms with E-state index in [1.54, 1.807) is 6.92 Å². The van der Waals surface area contributed by atoms with Gasteiger partial charge in [-0.25, -0.2) is 8.42 Å². The molecule has 2 amide bonds. The second-order valence-corrected chi connectivity index (χ2v) is 8.23. The van der Waals surface area contributed by atoms with E-state index >= 15 is 0 Å². The zero-order valence-electron chi connectivity index (χ0n) is 15.7. The van der Waals surface area contributed by atoms with E-state index in [0.717, 1.165) is 23.3 Å². The number of hydrogen-bond acceptors (Lipinski definition) is 4. The molecule has 1 N–H and O–H groups in total. The topological polar surface area (TPSA) is 83.6 Å². The van der Waals surface area contributed by atoms with Gasteiger partial charge in [0.15, 0.2) is 9.84 Å². The monoisotopic (exact) mass is 428 g/mol. The highest BCUT2D eigenvalue weighted by atomic mass is 32.2. The van der Waals surface area contributed by atoms with Crippen molar-refractivity contribution < 1.29 is 31.2 Å².